The van der Waals surface area contributed by atoms with E-state index in [2.05, 4.69) is 15.1 Å². The summed E-state index contributed by atoms with van der Waals surface area (Å²) in [5.74, 6) is 0.907. The van der Waals surface area contributed by atoms with Crippen LogP contribution in [0.3, 0.4) is 0 Å². The Labute approximate surface area is 161 Å². The van der Waals surface area contributed by atoms with E-state index in [1.165, 1.54) is 6.07 Å². The lowest BCUT2D eigenvalue weighted by Crippen LogP contribution is -2.52. The minimum absolute atomic E-state index is 0.0369. The predicted molar refractivity (Wildman–Crippen MR) is 101 cm³/mol. The number of rotatable bonds is 3. The van der Waals surface area contributed by atoms with Gasteiger partial charge < -0.3 is 9.80 Å². The van der Waals surface area contributed by atoms with Crippen molar-refractivity contribution >= 4 is 29.1 Å². The average molecular weight is 388 g/mol. The summed E-state index contributed by atoms with van der Waals surface area (Å²) >= 11 is 5.81. The number of amides is 2. The van der Waals surface area contributed by atoms with Gasteiger partial charge >= 0.3 is 6.03 Å². The lowest BCUT2D eigenvalue weighted by atomic mass is 10.1. The molecule has 3 aliphatic rings. The van der Waals surface area contributed by atoms with Gasteiger partial charge in [0, 0.05) is 31.9 Å². The van der Waals surface area contributed by atoms with E-state index in [4.69, 9.17) is 11.6 Å². The van der Waals surface area contributed by atoms with E-state index >= 15 is 0 Å². The SMILES string of the molecule is O=C1N(c2ccc(C3CC3)c(F)c2)CC2CN(c3ccc(Cl)nn3)CCN12. The summed E-state index contributed by atoms with van der Waals surface area (Å²) in [5, 5.41) is 8.39. The van der Waals surface area contributed by atoms with Crippen LogP contribution in [0.5, 0.6) is 0 Å². The van der Waals surface area contributed by atoms with Crippen LogP contribution in [-0.4, -0.2) is 53.3 Å². The molecular formula is C19H19ClFN5O. The van der Waals surface area contributed by atoms with Crippen molar-refractivity contribution in [1.29, 1.82) is 0 Å². The molecule has 140 valence electrons. The number of aromatic nitrogens is 2. The van der Waals surface area contributed by atoms with Gasteiger partial charge in [0.25, 0.3) is 0 Å². The van der Waals surface area contributed by atoms with Gasteiger partial charge in [-0.3, -0.25) is 4.90 Å². The van der Waals surface area contributed by atoms with Crippen LogP contribution in [-0.2, 0) is 0 Å². The van der Waals surface area contributed by atoms with Crippen molar-refractivity contribution in [2.75, 3.05) is 36.0 Å². The molecule has 5 rings (SSSR count). The number of urea groups is 1. The van der Waals surface area contributed by atoms with Crippen LogP contribution in [0.25, 0.3) is 0 Å². The van der Waals surface area contributed by atoms with Crippen LogP contribution in [0.1, 0.15) is 24.3 Å². The fraction of sp³-hybridized carbons (Fsp3) is 0.421. The first-order valence-electron chi connectivity index (χ1n) is 9.22. The van der Waals surface area contributed by atoms with Crippen LogP contribution in [0.15, 0.2) is 30.3 Å². The molecule has 0 spiro atoms. The number of anilines is 2. The third-order valence-corrected chi connectivity index (χ3v) is 5.81. The van der Waals surface area contributed by atoms with Crippen molar-refractivity contribution in [2.45, 2.75) is 24.8 Å². The zero-order chi connectivity index (χ0) is 18.5. The number of carbonyl (C=O) groups is 1. The fourth-order valence-corrected chi connectivity index (χ4v) is 4.12. The van der Waals surface area contributed by atoms with E-state index in [9.17, 15) is 9.18 Å². The lowest BCUT2D eigenvalue weighted by Gasteiger charge is -2.36. The van der Waals surface area contributed by atoms with Crippen LogP contribution in [0.4, 0.5) is 20.7 Å². The normalized spacial score (nSPS) is 22.4. The van der Waals surface area contributed by atoms with Gasteiger partial charge in [-0.2, -0.15) is 0 Å². The Bertz CT molecular complexity index is 888. The van der Waals surface area contributed by atoms with Gasteiger partial charge in [0.1, 0.15) is 5.82 Å². The maximum atomic E-state index is 14.4. The highest BCUT2D eigenvalue weighted by Gasteiger charge is 2.41. The molecule has 0 radical (unpaired) electrons. The highest BCUT2D eigenvalue weighted by atomic mass is 35.5. The molecule has 1 saturated carbocycles. The molecule has 1 atom stereocenters. The van der Waals surface area contributed by atoms with Crippen molar-refractivity contribution in [1.82, 2.24) is 15.1 Å². The zero-order valence-electron chi connectivity index (χ0n) is 14.7. The number of hydrogen-bond acceptors (Lipinski definition) is 4. The minimum Gasteiger partial charge on any atom is -0.351 e. The molecule has 8 heteroatoms. The summed E-state index contributed by atoms with van der Waals surface area (Å²) in [6, 6.07) is 8.75. The quantitative estimate of drug-likeness (QED) is 0.811. The third kappa shape index (κ3) is 3.00. The maximum Gasteiger partial charge on any atom is 0.324 e. The standard InChI is InChI=1S/C19H19ClFN5O/c20-17-5-6-18(23-22-17)24-7-8-25-14(10-24)11-26(19(25)27)13-3-4-15(12-1-2-12)16(21)9-13/h3-6,9,12,14H,1-2,7-8,10-11H2. The van der Waals surface area contributed by atoms with Gasteiger partial charge in [0.15, 0.2) is 11.0 Å². The first-order chi connectivity index (χ1) is 13.1. The van der Waals surface area contributed by atoms with Crippen molar-refractivity contribution in [3.63, 3.8) is 0 Å². The second-order valence-corrected chi connectivity index (χ2v) is 7.77. The maximum absolute atomic E-state index is 14.4. The van der Waals surface area contributed by atoms with Gasteiger partial charge in [-0.25, -0.2) is 9.18 Å². The van der Waals surface area contributed by atoms with Crippen molar-refractivity contribution in [3.05, 3.63) is 46.9 Å². The Kier molecular flexibility index (Phi) is 3.93. The van der Waals surface area contributed by atoms with E-state index < -0.39 is 0 Å². The van der Waals surface area contributed by atoms with E-state index in [0.717, 1.165) is 24.2 Å². The Balaban J connectivity index is 1.34. The van der Waals surface area contributed by atoms with Crippen LogP contribution < -0.4 is 9.80 Å². The van der Waals surface area contributed by atoms with Crippen LogP contribution in [0, 0.1) is 5.82 Å². The highest BCUT2D eigenvalue weighted by Crippen LogP contribution is 2.42. The zero-order valence-corrected chi connectivity index (χ0v) is 15.4. The van der Waals surface area contributed by atoms with Crippen molar-refractivity contribution in [3.8, 4) is 0 Å². The van der Waals surface area contributed by atoms with Crippen LogP contribution in [0.2, 0.25) is 5.15 Å². The molecule has 6 nitrogen and oxygen atoms in total. The smallest absolute Gasteiger partial charge is 0.324 e. The molecule has 2 saturated heterocycles. The second-order valence-electron chi connectivity index (χ2n) is 7.38. The molecule has 1 unspecified atom stereocenters. The monoisotopic (exact) mass is 387 g/mol. The number of hydrogen-bond donors (Lipinski definition) is 0. The molecule has 1 aliphatic carbocycles. The highest BCUT2D eigenvalue weighted by molar-refractivity contribution is 6.29. The van der Waals surface area contributed by atoms with Crippen molar-refractivity contribution in [2.24, 2.45) is 0 Å². The molecule has 1 aromatic carbocycles. The summed E-state index contributed by atoms with van der Waals surface area (Å²) < 4.78 is 14.4. The van der Waals surface area contributed by atoms with Gasteiger partial charge in [0.05, 0.1) is 6.04 Å². The molecule has 3 heterocycles. The van der Waals surface area contributed by atoms with Gasteiger partial charge in [-0.1, -0.05) is 17.7 Å². The van der Waals surface area contributed by atoms with E-state index in [0.29, 0.717) is 42.9 Å². The third-order valence-electron chi connectivity index (χ3n) is 5.61. The van der Waals surface area contributed by atoms with E-state index in [1.54, 1.807) is 11.0 Å². The van der Waals surface area contributed by atoms with E-state index in [-0.39, 0.29) is 17.9 Å². The van der Waals surface area contributed by atoms with Gasteiger partial charge in [-0.05, 0) is 48.6 Å². The fourth-order valence-electron chi connectivity index (χ4n) is 4.02. The summed E-state index contributed by atoms with van der Waals surface area (Å²) in [4.78, 5) is 18.5. The Morgan fingerprint density at radius 3 is 2.63 bits per heavy atom. The summed E-state index contributed by atoms with van der Waals surface area (Å²) in [5.41, 5.74) is 1.41. The number of carbonyl (C=O) groups excluding carboxylic acids is 1. The number of halogens is 2. The first kappa shape index (κ1) is 16.7. The number of piperazine rings is 1. The Morgan fingerprint density at radius 1 is 1.07 bits per heavy atom. The summed E-state index contributed by atoms with van der Waals surface area (Å²) in [6.45, 7) is 2.49. The largest absolute Gasteiger partial charge is 0.351 e. The van der Waals surface area contributed by atoms with Crippen LogP contribution >= 0.6 is 11.6 Å². The molecular weight excluding hydrogens is 369 g/mol. The summed E-state index contributed by atoms with van der Waals surface area (Å²) in [7, 11) is 0. The number of fused-ring (bicyclic) bond motifs is 1. The van der Waals surface area contributed by atoms with Gasteiger partial charge in [0.2, 0.25) is 0 Å². The summed E-state index contributed by atoms with van der Waals surface area (Å²) in [6.07, 6.45) is 2.11. The molecule has 3 fully saturated rings. The number of benzene rings is 1. The number of nitrogens with zero attached hydrogens (tertiary/aromatic N) is 5. The molecule has 2 aliphatic heterocycles. The lowest BCUT2D eigenvalue weighted by molar-refractivity contribution is 0.199. The van der Waals surface area contributed by atoms with E-state index in [1.807, 2.05) is 23.1 Å². The molecule has 0 bridgehead atoms. The first-order valence-corrected chi connectivity index (χ1v) is 9.60. The average Bonchev–Trinajstić information content (AvgIpc) is 3.46. The Hall–Kier alpha value is -2.41. The Morgan fingerprint density at radius 2 is 1.93 bits per heavy atom. The molecule has 1 aromatic heterocycles. The van der Waals surface area contributed by atoms with Crippen molar-refractivity contribution < 1.29 is 9.18 Å². The second kappa shape index (κ2) is 6.34. The topological polar surface area (TPSA) is 52.6 Å². The predicted octanol–water partition coefficient (Wildman–Crippen LogP) is 3.28. The molecule has 0 N–H and O–H groups in total. The molecule has 2 aromatic rings. The molecule has 2 amide bonds. The molecule has 27 heavy (non-hydrogen) atoms. The van der Waals surface area contributed by atoms with Gasteiger partial charge in [-0.15, -0.1) is 10.2 Å². The minimum atomic E-state index is -0.203.